The van der Waals surface area contributed by atoms with Crippen LogP contribution < -0.4 is 10.7 Å². The summed E-state index contributed by atoms with van der Waals surface area (Å²) < 4.78 is 18.6. The summed E-state index contributed by atoms with van der Waals surface area (Å²) >= 11 is 0. The number of halogens is 1. The Morgan fingerprint density at radius 3 is 2.88 bits per heavy atom. The van der Waals surface area contributed by atoms with Gasteiger partial charge in [0.2, 0.25) is 5.91 Å². The number of rotatable bonds is 4. The first-order valence-corrected chi connectivity index (χ1v) is 8.78. The lowest BCUT2D eigenvalue weighted by molar-refractivity contribution is -0.123. The van der Waals surface area contributed by atoms with Crippen molar-refractivity contribution in [3.05, 3.63) is 5.43 Å². The van der Waals surface area contributed by atoms with Crippen molar-refractivity contribution in [3.63, 3.8) is 0 Å². The van der Waals surface area contributed by atoms with Gasteiger partial charge in [0, 0.05) is 52.1 Å². The highest BCUT2D eigenvalue weighted by Gasteiger charge is 2.22. The average molecular weight is 356 g/mol. The Morgan fingerprint density at radius 1 is 1.40 bits per heavy atom. The molecule has 142 valence electrons. The molecule has 2 unspecified atom stereocenters. The molecule has 10 heteroatoms. The topological polar surface area (TPSA) is 86.5 Å². The van der Waals surface area contributed by atoms with Crippen LogP contribution in [0.2, 0.25) is 0 Å². The Hall–Kier alpha value is -1.49. The number of carbonyl (C=O) groups excluding carboxylic acids is 1. The molecular formula is C15H27FN7O2-. The molecule has 0 aromatic rings. The van der Waals surface area contributed by atoms with Crippen molar-refractivity contribution < 1.29 is 13.9 Å². The molecule has 0 spiro atoms. The standard InChI is InChI=1S/C15H27FN7O2/c1-21-6-7-25-12(10-21)8-17-14(24)11-22-2-4-23(5-3-22)15-18-9-13(16)19-20-15/h12-13H,2-11H2,1H3,(H,17,24)(H,18,20)/q-1. The van der Waals surface area contributed by atoms with E-state index in [0.29, 0.717) is 25.7 Å². The van der Waals surface area contributed by atoms with Gasteiger partial charge in [-0.15, -0.1) is 0 Å². The molecule has 2 fully saturated rings. The second-order valence-electron chi connectivity index (χ2n) is 6.66. The van der Waals surface area contributed by atoms with E-state index < -0.39 is 6.30 Å². The van der Waals surface area contributed by atoms with Gasteiger partial charge in [0.25, 0.3) is 0 Å². The van der Waals surface area contributed by atoms with E-state index in [0.717, 1.165) is 39.3 Å². The number of carbonyl (C=O) groups is 1. The molecule has 3 heterocycles. The molecule has 2 saturated heterocycles. The Kier molecular flexibility index (Phi) is 6.40. The minimum absolute atomic E-state index is 0.0219. The van der Waals surface area contributed by atoms with Gasteiger partial charge in [0.05, 0.1) is 25.8 Å². The van der Waals surface area contributed by atoms with E-state index in [1.807, 2.05) is 4.90 Å². The molecule has 3 aliphatic heterocycles. The molecule has 0 aromatic carbocycles. The van der Waals surface area contributed by atoms with E-state index >= 15 is 0 Å². The van der Waals surface area contributed by atoms with E-state index in [1.165, 1.54) is 0 Å². The lowest BCUT2D eigenvalue weighted by atomic mass is 10.2. The van der Waals surface area contributed by atoms with Crippen molar-refractivity contribution in [1.82, 2.24) is 25.4 Å². The second kappa shape index (κ2) is 8.75. The van der Waals surface area contributed by atoms with Crippen LogP contribution in [0.15, 0.2) is 4.99 Å². The smallest absolute Gasteiger partial charge is 0.234 e. The summed E-state index contributed by atoms with van der Waals surface area (Å²) in [6.07, 6.45) is -1.19. The Balaban J connectivity index is 1.33. The lowest BCUT2D eigenvalue weighted by Gasteiger charge is -2.41. The fourth-order valence-corrected chi connectivity index (χ4v) is 3.13. The number of alkyl halides is 1. The van der Waals surface area contributed by atoms with Gasteiger partial charge in [-0.05, 0) is 7.05 Å². The van der Waals surface area contributed by atoms with E-state index in [2.05, 4.69) is 38.0 Å². The van der Waals surface area contributed by atoms with Crippen LogP contribution in [0.1, 0.15) is 0 Å². The molecule has 3 rings (SSSR count). The first-order chi connectivity index (χ1) is 12.1. The van der Waals surface area contributed by atoms with E-state index in [1.54, 1.807) is 0 Å². The predicted octanol–water partition coefficient (Wildman–Crippen LogP) is -1.41. The van der Waals surface area contributed by atoms with Crippen LogP contribution in [0, 0.1) is 0 Å². The SMILES string of the molecule is CN1CCOC(CNC(=O)CN2CCN(C3=NCC(F)[N-]N3)CC2)C1. The number of morpholine rings is 1. The van der Waals surface area contributed by atoms with Crippen LogP contribution in [0.3, 0.4) is 0 Å². The highest BCUT2D eigenvalue weighted by atomic mass is 19.1. The van der Waals surface area contributed by atoms with Gasteiger partial charge in [-0.25, -0.2) is 0 Å². The largest absolute Gasteiger partial charge is 0.537 e. The molecule has 0 aromatic heterocycles. The maximum absolute atomic E-state index is 12.9. The molecule has 0 radical (unpaired) electrons. The highest BCUT2D eigenvalue weighted by molar-refractivity contribution is 5.82. The van der Waals surface area contributed by atoms with E-state index in [4.69, 9.17) is 4.74 Å². The lowest BCUT2D eigenvalue weighted by Crippen LogP contribution is -2.55. The summed E-state index contributed by atoms with van der Waals surface area (Å²) in [7, 11) is 2.06. The molecule has 1 amide bonds. The summed E-state index contributed by atoms with van der Waals surface area (Å²) in [5.74, 6) is 0.644. The van der Waals surface area contributed by atoms with Crippen molar-refractivity contribution in [2.45, 2.75) is 12.4 Å². The number of hydrogen-bond donors (Lipinski definition) is 2. The van der Waals surface area contributed by atoms with Crippen LogP contribution in [-0.2, 0) is 9.53 Å². The highest BCUT2D eigenvalue weighted by Crippen LogP contribution is 2.09. The summed E-state index contributed by atoms with van der Waals surface area (Å²) in [5, 5.41) is 2.96. The average Bonchev–Trinajstić information content (AvgIpc) is 2.62. The number of guanidine groups is 1. The zero-order valence-electron chi connectivity index (χ0n) is 14.7. The quantitative estimate of drug-likeness (QED) is 0.602. The molecule has 2 N–H and O–H groups in total. The Labute approximate surface area is 147 Å². The summed E-state index contributed by atoms with van der Waals surface area (Å²) in [6, 6.07) is 0. The zero-order chi connectivity index (χ0) is 17.6. The number of piperazine rings is 1. The predicted molar refractivity (Wildman–Crippen MR) is 92.0 cm³/mol. The summed E-state index contributed by atoms with van der Waals surface area (Å²) in [6.45, 7) is 6.50. The molecule has 0 bridgehead atoms. The molecule has 3 aliphatic rings. The van der Waals surface area contributed by atoms with Crippen LogP contribution in [0.25, 0.3) is 5.43 Å². The third kappa shape index (κ3) is 5.50. The van der Waals surface area contributed by atoms with Crippen molar-refractivity contribution in [2.75, 3.05) is 72.6 Å². The number of ether oxygens (including phenoxy) is 1. The second-order valence-corrected chi connectivity index (χ2v) is 6.66. The Morgan fingerprint density at radius 2 is 2.20 bits per heavy atom. The summed E-state index contributed by atoms with van der Waals surface area (Å²) in [5.41, 5.74) is 6.31. The third-order valence-corrected chi connectivity index (χ3v) is 4.60. The minimum Gasteiger partial charge on any atom is -0.537 e. The van der Waals surface area contributed by atoms with Gasteiger partial charge in [0.15, 0.2) is 5.96 Å². The van der Waals surface area contributed by atoms with Gasteiger partial charge in [-0.1, -0.05) is 0 Å². The van der Waals surface area contributed by atoms with Gasteiger partial charge in [-0.2, -0.15) is 0 Å². The monoisotopic (exact) mass is 356 g/mol. The Bertz CT molecular complexity index is 485. The molecular weight excluding hydrogens is 329 g/mol. The fourth-order valence-electron chi connectivity index (χ4n) is 3.13. The fraction of sp³-hybridized carbons (Fsp3) is 0.867. The number of likely N-dealkylation sites (N-methyl/N-ethyl adjacent to an activating group) is 1. The number of amides is 1. The van der Waals surface area contributed by atoms with Crippen LogP contribution in [0.4, 0.5) is 4.39 Å². The third-order valence-electron chi connectivity index (χ3n) is 4.60. The normalized spacial score (nSPS) is 29.0. The van der Waals surface area contributed by atoms with Gasteiger partial charge in [-0.3, -0.25) is 19.1 Å². The molecule has 2 atom stereocenters. The van der Waals surface area contributed by atoms with Gasteiger partial charge in [0.1, 0.15) is 0 Å². The number of aliphatic imine (C=N–C) groups is 1. The minimum atomic E-state index is -1.26. The maximum atomic E-state index is 12.9. The first kappa shape index (κ1) is 18.3. The molecule has 9 nitrogen and oxygen atoms in total. The molecule has 0 aliphatic carbocycles. The molecule has 25 heavy (non-hydrogen) atoms. The van der Waals surface area contributed by atoms with Gasteiger partial charge >= 0.3 is 0 Å². The van der Waals surface area contributed by atoms with Crippen molar-refractivity contribution >= 4 is 11.9 Å². The maximum Gasteiger partial charge on any atom is 0.234 e. The number of nitrogens with zero attached hydrogens (tertiary/aromatic N) is 5. The molecule has 0 saturated carbocycles. The van der Waals surface area contributed by atoms with Crippen molar-refractivity contribution in [3.8, 4) is 0 Å². The first-order valence-electron chi connectivity index (χ1n) is 8.78. The number of hydrogen-bond acceptors (Lipinski definition) is 7. The zero-order valence-corrected chi connectivity index (χ0v) is 14.7. The summed E-state index contributed by atoms with van der Waals surface area (Å²) in [4.78, 5) is 22.6. The van der Waals surface area contributed by atoms with Crippen molar-refractivity contribution in [2.24, 2.45) is 4.99 Å². The van der Waals surface area contributed by atoms with Crippen LogP contribution in [-0.4, -0.2) is 112 Å². The van der Waals surface area contributed by atoms with Gasteiger partial charge < -0.3 is 30.7 Å². The number of nitrogens with one attached hydrogen (secondary N) is 2. The van der Waals surface area contributed by atoms with Crippen molar-refractivity contribution in [1.29, 1.82) is 0 Å². The van der Waals surface area contributed by atoms with E-state index in [9.17, 15) is 9.18 Å². The van der Waals surface area contributed by atoms with E-state index in [-0.39, 0.29) is 18.6 Å². The van der Waals surface area contributed by atoms with Crippen LogP contribution in [0.5, 0.6) is 0 Å². The van der Waals surface area contributed by atoms with Crippen LogP contribution >= 0.6 is 0 Å².